The number of ether oxygens (including phenoxy) is 1. The Morgan fingerprint density at radius 1 is 0.933 bits per heavy atom. The van der Waals surface area contributed by atoms with Gasteiger partial charge in [-0.05, 0) is 0 Å². The molecule has 0 aromatic heterocycles. The molecule has 0 amide bonds. The number of hydrogen-bond donors (Lipinski definition) is 1. The molecule has 0 saturated carbocycles. The van der Waals surface area contributed by atoms with Crippen LogP contribution in [0.15, 0.2) is 0 Å². The van der Waals surface area contributed by atoms with Crippen molar-refractivity contribution in [2.45, 2.75) is 38.6 Å². The largest absolute Gasteiger partial charge is 0.423 e. The van der Waals surface area contributed by atoms with Crippen LogP contribution < -0.4 is 0 Å². The second-order valence-electron chi connectivity index (χ2n) is 3.23. The number of aliphatic hydroxyl groups is 1. The Kier molecular flexibility index (Phi) is 4.41. The summed E-state index contributed by atoms with van der Waals surface area (Å²) in [6, 6.07) is 0. The number of halogens is 6. The van der Waals surface area contributed by atoms with Crippen LogP contribution in [-0.2, 0) is 4.74 Å². The molecule has 15 heavy (non-hydrogen) atoms. The van der Waals surface area contributed by atoms with Crippen LogP contribution in [0.4, 0.5) is 26.3 Å². The smallest absolute Gasteiger partial charge is 0.368 e. The Labute approximate surface area is 81.8 Å². The minimum Gasteiger partial charge on any atom is -0.368 e. The predicted octanol–water partition coefficient (Wildman–Crippen LogP) is 2.47. The van der Waals surface area contributed by atoms with Gasteiger partial charge < -0.3 is 9.84 Å². The summed E-state index contributed by atoms with van der Waals surface area (Å²) in [5, 5.41) is 8.80. The van der Waals surface area contributed by atoms with Crippen molar-refractivity contribution in [3.05, 3.63) is 0 Å². The van der Waals surface area contributed by atoms with E-state index in [4.69, 9.17) is 5.11 Å². The lowest BCUT2D eigenvalue weighted by atomic mass is 10.2. The summed E-state index contributed by atoms with van der Waals surface area (Å²) in [5.41, 5.74) is 0. The standard InChI is InChI=1S/C7H10F6O2/c1-3(2)4(14)15-5(6(8,9)10)7(11,12)13/h3-5,14H,1-2H3. The Balaban J connectivity index is 4.69. The summed E-state index contributed by atoms with van der Waals surface area (Å²) in [7, 11) is 0. The van der Waals surface area contributed by atoms with Crippen LogP contribution in [-0.4, -0.2) is 29.9 Å². The molecule has 8 heteroatoms. The molecule has 0 aromatic carbocycles. The van der Waals surface area contributed by atoms with E-state index in [1.54, 1.807) is 0 Å². The molecule has 1 N–H and O–H groups in total. The fourth-order valence-corrected chi connectivity index (χ4v) is 0.636. The van der Waals surface area contributed by atoms with Gasteiger partial charge in [0.15, 0.2) is 6.29 Å². The molecule has 92 valence electrons. The molecule has 1 unspecified atom stereocenters. The van der Waals surface area contributed by atoms with Gasteiger partial charge in [0.25, 0.3) is 6.10 Å². The van der Waals surface area contributed by atoms with Crippen molar-refractivity contribution in [3.8, 4) is 0 Å². The van der Waals surface area contributed by atoms with Crippen LogP contribution >= 0.6 is 0 Å². The van der Waals surface area contributed by atoms with Crippen LogP contribution in [0.1, 0.15) is 13.8 Å². The fraction of sp³-hybridized carbons (Fsp3) is 1.00. The van der Waals surface area contributed by atoms with Crippen molar-refractivity contribution in [1.29, 1.82) is 0 Å². The van der Waals surface area contributed by atoms with E-state index in [1.807, 2.05) is 0 Å². The van der Waals surface area contributed by atoms with E-state index < -0.39 is 30.7 Å². The van der Waals surface area contributed by atoms with Gasteiger partial charge in [0.2, 0.25) is 0 Å². The average molecular weight is 240 g/mol. The van der Waals surface area contributed by atoms with Crippen molar-refractivity contribution >= 4 is 0 Å². The third-order valence-electron chi connectivity index (χ3n) is 1.44. The molecule has 0 aliphatic carbocycles. The predicted molar refractivity (Wildman–Crippen MR) is 37.8 cm³/mol. The molecule has 0 heterocycles. The van der Waals surface area contributed by atoms with Crippen molar-refractivity contribution in [1.82, 2.24) is 0 Å². The maximum Gasteiger partial charge on any atom is 0.423 e. The zero-order chi connectivity index (χ0) is 12.4. The zero-order valence-electron chi connectivity index (χ0n) is 7.86. The fourth-order valence-electron chi connectivity index (χ4n) is 0.636. The first kappa shape index (κ1) is 14.5. The average Bonchev–Trinajstić information content (AvgIpc) is 1.94. The van der Waals surface area contributed by atoms with Crippen molar-refractivity contribution < 1.29 is 36.2 Å². The van der Waals surface area contributed by atoms with E-state index in [9.17, 15) is 26.3 Å². The molecular weight excluding hydrogens is 230 g/mol. The van der Waals surface area contributed by atoms with Crippen LogP contribution in [0, 0.1) is 5.92 Å². The minimum absolute atomic E-state index is 0.864. The molecule has 2 nitrogen and oxygen atoms in total. The van der Waals surface area contributed by atoms with Gasteiger partial charge in [-0.2, -0.15) is 26.3 Å². The van der Waals surface area contributed by atoms with Gasteiger partial charge in [0.1, 0.15) is 0 Å². The van der Waals surface area contributed by atoms with Crippen LogP contribution in [0.25, 0.3) is 0 Å². The van der Waals surface area contributed by atoms with Gasteiger partial charge in [-0.1, -0.05) is 13.8 Å². The zero-order valence-corrected chi connectivity index (χ0v) is 7.86. The molecule has 0 spiro atoms. The van der Waals surface area contributed by atoms with Crippen molar-refractivity contribution in [2.75, 3.05) is 0 Å². The van der Waals surface area contributed by atoms with Crippen LogP contribution in [0.5, 0.6) is 0 Å². The summed E-state index contributed by atoms with van der Waals surface area (Å²) in [4.78, 5) is 0. The Morgan fingerprint density at radius 2 is 1.27 bits per heavy atom. The topological polar surface area (TPSA) is 29.5 Å². The lowest BCUT2D eigenvalue weighted by Crippen LogP contribution is -2.47. The Bertz CT molecular complexity index is 183. The summed E-state index contributed by atoms with van der Waals surface area (Å²) >= 11 is 0. The monoisotopic (exact) mass is 240 g/mol. The normalized spacial score (nSPS) is 16.2. The first-order valence-corrected chi connectivity index (χ1v) is 3.93. The summed E-state index contributed by atoms with van der Waals surface area (Å²) < 4.78 is 74.8. The van der Waals surface area contributed by atoms with Gasteiger partial charge >= 0.3 is 12.4 Å². The summed E-state index contributed by atoms with van der Waals surface area (Å²) in [6.45, 7) is 2.46. The quantitative estimate of drug-likeness (QED) is 0.606. The van der Waals surface area contributed by atoms with E-state index in [0.717, 1.165) is 0 Å². The molecule has 0 bridgehead atoms. The summed E-state index contributed by atoms with van der Waals surface area (Å²) in [5.74, 6) is -0.864. The van der Waals surface area contributed by atoms with Gasteiger partial charge in [-0.25, -0.2) is 0 Å². The molecule has 0 rings (SSSR count). The van der Waals surface area contributed by atoms with Gasteiger partial charge in [-0.3, -0.25) is 0 Å². The Hall–Kier alpha value is -0.500. The van der Waals surface area contributed by atoms with Crippen LogP contribution in [0.3, 0.4) is 0 Å². The van der Waals surface area contributed by atoms with E-state index in [0.29, 0.717) is 0 Å². The lowest BCUT2D eigenvalue weighted by Gasteiger charge is -2.26. The molecule has 1 atom stereocenters. The van der Waals surface area contributed by atoms with Gasteiger partial charge in [-0.15, -0.1) is 0 Å². The molecule has 0 radical (unpaired) electrons. The SMILES string of the molecule is CC(C)C(O)OC(C(F)(F)F)C(F)(F)F. The maximum atomic E-state index is 11.9. The highest BCUT2D eigenvalue weighted by Crippen LogP contribution is 2.36. The first-order chi connectivity index (χ1) is 6.46. The summed E-state index contributed by atoms with van der Waals surface area (Å²) in [6.07, 6.45) is -17.2. The third kappa shape index (κ3) is 4.70. The minimum atomic E-state index is -5.59. The first-order valence-electron chi connectivity index (χ1n) is 3.93. The molecule has 0 aliphatic heterocycles. The number of rotatable bonds is 3. The van der Waals surface area contributed by atoms with Gasteiger partial charge in [0, 0.05) is 5.92 Å². The molecule has 0 saturated heterocycles. The highest BCUT2D eigenvalue weighted by Gasteiger charge is 2.58. The Morgan fingerprint density at radius 3 is 1.47 bits per heavy atom. The lowest BCUT2D eigenvalue weighted by molar-refractivity contribution is -0.352. The van der Waals surface area contributed by atoms with E-state index in [1.165, 1.54) is 13.8 Å². The number of alkyl halides is 6. The van der Waals surface area contributed by atoms with Gasteiger partial charge in [0.05, 0.1) is 0 Å². The van der Waals surface area contributed by atoms with Crippen LogP contribution in [0.2, 0.25) is 0 Å². The van der Waals surface area contributed by atoms with Crippen molar-refractivity contribution in [2.24, 2.45) is 5.92 Å². The highest BCUT2D eigenvalue weighted by molar-refractivity contribution is 4.76. The van der Waals surface area contributed by atoms with E-state index >= 15 is 0 Å². The molecule has 0 fully saturated rings. The maximum absolute atomic E-state index is 11.9. The third-order valence-corrected chi connectivity index (χ3v) is 1.44. The molecule has 0 aliphatic rings. The van der Waals surface area contributed by atoms with E-state index in [2.05, 4.69) is 4.74 Å². The second-order valence-corrected chi connectivity index (χ2v) is 3.23. The highest BCUT2D eigenvalue weighted by atomic mass is 19.4. The molecule has 0 aromatic rings. The number of hydrogen-bond acceptors (Lipinski definition) is 2. The second kappa shape index (κ2) is 4.56. The molecular formula is C7H10F6O2. The van der Waals surface area contributed by atoms with E-state index in [-0.39, 0.29) is 0 Å². The van der Waals surface area contributed by atoms with Crippen molar-refractivity contribution in [3.63, 3.8) is 0 Å². The number of aliphatic hydroxyl groups excluding tert-OH is 1.